The molecule has 1 atom stereocenters. The summed E-state index contributed by atoms with van der Waals surface area (Å²) in [4.78, 5) is 36.5. The third-order valence-corrected chi connectivity index (χ3v) is 4.02. The third-order valence-electron chi connectivity index (χ3n) is 4.02. The Balaban J connectivity index is 2.15. The number of carbonyl (C=O) groups is 3. The summed E-state index contributed by atoms with van der Waals surface area (Å²) in [6, 6.07) is 8.31. The number of esters is 2. The minimum absolute atomic E-state index is 0.0178. The van der Waals surface area contributed by atoms with E-state index in [1.807, 2.05) is 0 Å². The highest BCUT2D eigenvalue weighted by Gasteiger charge is 2.25. The number of ether oxygens (including phenoxy) is 2. The Kier molecular flexibility index (Phi) is 7.26. The third kappa shape index (κ3) is 6.10. The van der Waals surface area contributed by atoms with Crippen LogP contribution < -0.4 is 5.32 Å². The Hall–Kier alpha value is -3.29. The molecule has 2 aromatic rings. The van der Waals surface area contributed by atoms with Crippen LogP contribution in [0.4, 0.5) is 8.78 Å². The smallest absolute Gasteiger partial charge is 0.338 e. The molecular formula is C22H23F2NO5. The van der Waals surface area contributed by atoms with E-state index in [1.165, 1.54) is 18.2 Å². The van der Waals surface area contributed by atoms with Crippen molar-refractivity contribution in [3.63, 3.8) is 0 Å². The molecule has 0 saturated heterocycles. The first kappa shape index (κ1) is 23.0. The second-order valence-corrected chi connectivity index (χ2v) is 7.55. The molecule has 0 radical (unpaired) electrons. The van der Waals surface area contributed by atoms with Crippen LogP contribution in [0.1, 0.15) is 47.1 Å². The van der Waals surface area contributed by atoms with Crippen LogP contribution in [0.2, 0.25) is 0 Å². The number of methoxy groups -OCH3 is 1. The summed E-state index contributed by atoms with van der Waals surface area (Å²) in [6.45, 7) is 5.26. The van der Waals surface area contributed by atoms with Crippen LogP contribution in [0.3, 0.4) is 0 Å². The van der Waals surface area contributed by atoms with Crippen molar-refractivity contribution in [2.24, 2.45) is 0 Å². The van der Waals surface area contributed by atoms with Crippen LogP contribution in [0.15, 0.2) is 42.5 Å². The predicted octanol–water partition coefficient (Wildman–Crippen LogP) is 3.43. The fourth-order valence-electron chi connectivity index (χ4n) is 2.60. The molecule has 0 bridgehead atoms. The van der Waals surface area contributed by atoms with Crippen molar-refractivity contribution in [3.8, 4) is 0 Å². The summed E-state index contributed by atoms with van der Waals surface area (Å²) in [5, 5.41) is 2.36. The van der Waals surface area contributed by atoms with Gasteiger partial charge < -0.3 is 14.8 Å². The summed E-state index contributed by atoms with van der Waals surface area (Å²) >= 11 is 0. The van der Waals surface area contributed by atoms with Gasteiger partial charge in [-0.25, -0.2) is 18.4 Å². The number of benzene rings is 2. The van der Waals surface area contributed by atoms with E-state index < -0.39 is 46.7 Å². The SMILES string of the molecule is COC(=O)[C@@H](Cc1ccc(C(=O)OC(C)(C)C)cc1)NC(=O)c1cccc(F)c1F. The van der Waals surface area contributed by atoms with Crippen LogP contribution >= 0.6 is 0 Å². The van der Waals surface area contributed by atoms with Gasteiger partial charge in [0.05, 0.1) is 18.2 Å². The topological polar surface area (TPSA) is 81.7 Å². The van der Waals surface area contributed by atoms with Crippen LogP contribution in [0, 0.1) is 11.6 Å². The van der Waals surface area contributed by atoms with Gasteiger partial charge in [-0.1, -0.05) is 18.2 Å². The normalized spacial score (nSPS) is 12.1. The molecule has 0 fully saturated rings. The fraction of sp³-hybridized carbons (Fsp3) is 0.318. The maximum absolute atomic E-state index is 13.9. The highest BCUT2D eigenvalue weighted by Crippen LogP contribution is 2.15. The van der Waals surface area contributed by atoms with Crippen LogP contribution in [0.5, 0.6) is 0 Å². The van der Waals surface area contributed by atoms with Crippen molar-refractivity contribution in [2.45, 2.75) is 38.8 Å². The maximum atomic E-state index is 13.9. The predicted molar refractivity (Wildman–Crippen MR) is 105 cm³/mol. The first-order valence-electron chi connectivity index (χ1n) is 9.17. The van der Waals surface area contributed by atoms with Crippen LogP contribution in [-0.4, -0.2) is 36.6 Å². The summed E-state index contributed by atoms with van der Waals surface area (Å²) in [5.41, 5.74) is -0.224. The molecule has 30 heavy (non-hydrogen) atoms. The Bertz CT molecular complexity index is 936. The summed E-state index contributed by atoms with van der Waals surface area (Å²) < 4.78 is 37.2. The zero-order valence-corrected chi connectivity index (χ0v) is 17.1. The Labute approximate surface area is 173 Å². The fourth-order valence-corrected chi connectivity index (χ4v) is 2.60. The first-order valence-corrected chi connectivity index (χ1v) is 9.17. The van der Waals surface area contributed by atoms with E-state index in [-0.39, 0.29) is 6.42 Å². The van der Waals surface area contributed by atoms with Gasteiger partial charge in [-0.15, -0.1) is 0 Å². The number of hydrogen-bond donors (Lipinski definition) is 1. The largest absolute Gasteiger partial charge is 0.467 e. The van der Waals surface area contributed by atoms with Gasteiger partial charge in [-0.3, -0.25) is 4.79 Å². The molecule has 0 spiro atoms. The zero-order chi connectivity index (χ0) is 22.5. The molecule has 160 valence electrons. The Morgan fingerprint density at radius 3 is 2.23 bits per heavy atom. The van der Waals surface area contributed by atoms with E-state index in [2.05, 4.69) is 5.32 Å². The van der Waals surface area contributed by atoms with Crippen LogP contribution in [0.25, 0.3) is 0 Å². The number of nitrogens with one attached hydrogen (secondary N) is 1. The number of carbonyl (C=O) groups excluding carboxylic acids is 3. The lowest BCUT2D eigenvalue weighted by atomic mass is 10.0. The Morgan fingerprint density at radius 1 is 1.03 bits per heavy atom. The van der Waals surface area contributed by atoms with E-state index in [9.17, 15) is 23.2 Å². The van der Waals surface area contributed by atoms with Gasteiger partial charge in [-0.2, -0.15) is 0 Å². The minimum Gasteiger partial charge on any atom is -0.467 e. The lowest BCUT2D eigenvalue weighted by molar-refractivity contribution is -0.142. The monoisotopic (exact) mass is 419 g/mol. The van der Waals surface area contributed by atoms with Crippen molar-refractivity contribution in [3.05, 3.63) is 70.8 Å². The van der Waals surface area contributed by atoms with Gasteiger partial charge in [0.25, 0.3) is 5.91 Å². The highest BCUT2D eigenvalue weighted by atomic mass is 19.2. The lowest BCUT2D eigenvalue weighted by Crippen LogP contribution is -2.43. The van der Waals surface area contributed by atoms with Gasteiger partial charge in [0, 0.05) is 6.42 Å². The Morgan fingerprint density at radius 2 is 1.67 bits per heavy atom. The molecule has 8 heteroatoms. The number of halogens is 2. The van der Waals surface area contributed by atoms with E-state index in [0.717, 1.165) is 19.2 Å². The van der Waals surface area contributed by atoms with E-state index >= 15 is 0 Å². The molecule has 2 rings (SSSR count). The van der Waals surface area contributed by atoms with Crippen molar-refractivity contribution in [2.75, 3.05) is 7.11 Å². The van der Waals surface area contributed by atoms with Gasteiger partial charge >= 0.3 is 11.9 Å². The second kappa shape index (κ2) is 9.47. The van der Waals surface area contributed by atoms with Crippen molar-refractivity contribution in [1.29, 1.82) is 0 Å². The molecular weight excluding hydrogens is 396 g/mol. The maximum Gasteiger partial charge on any atom is 0.338 e. The van der Waals surface area contributed by atoms with Gasteiger partial charge in [0.15, 0.2) is 11.6 Å². The molecule has 2 aromatic carbocycles. The minimum atomic E-state index is -1.31. The molecule has 0 aliphatic heterocycles. The average Bonchev–Trinajstić information content (AvgIpc) is 2.68. The number of amides is 1. The molecule has 1 N–H and O–H groups in total. The van der Waals surface area contributed by atoms with Gasteiger partial charge in [-0.05, 0) is 50.6 Å². The number of hydrogen-bond acceptors (Lipinski definition) is 5. The molecule has 0 saturated carbocycles. The van der Waals surface area contributed by atoms with Gasteiger partial charge in [0.2, 0.25) is 0 Å². The summed E-state index contributed by atoms with van der Waals surface area (Å²) in [5.74, 6) is -4.67. The molecule has 0 aromatic heterocycles. The van der Waals surface area contributed by atoms with Crippen molar-refractivity contribution in [1.82, 2.24) is 5.32 Å². The molecule has 0 unspecified atom stereocenters. The molecule has 0 aliphatic rings. The quantitative estimate of drug-likeness (QED) is 0.726. The first-order chi connectivity index (χ1) is 14.0. The average molecular weight is 419 g/mol. The highest BCUT2D eigenvalue weighted by molar-refractivity contribution is 5.97. The lowest BCUT2D eigenvalue weighted by Gasteiger charge is -2.20. The molecule has 6 nitrogen and oxygen atoms in total. The standard InChI is InChI=1S/C22H23F2NO5/c1-22(2,3)30-20(27)14-10-8-13(9-11-14)12-17(21(28)29-4)25-19(26)15-6-5-7-16(23)18(15)24/h5-11,17H,12H2,1-4H3,(H,25,26)/t17-/m1/s1. The van der Waals surface area contributed by atoms with E-state index in [0.29, 0.717) is 11.1 Å². The van der Waals surface area contributed by atoms with Crippen LogP contribution in [-0.2, 0) is 20.7 Å². The molecule has 0 aliphatic carbocycles. The summed E-state index contributed by atoms with van der Waals surface area (Å²) in [6.07, 6.45) is 0.0178. The number of rotatable bonds is 6. The zero-order valence-electron chi connectivity index (χ0n) is 17.1. The second-order valence-electron chi connectivity index (χ2n) is 7.55. The van der Waals surface area contributed by atoms with E-state index in [4.69, 9.17) is 9.47 Å². The van der Waals surface area contributed by atoms with Crippen molar-refractivity contribution >= 4 is 17.8 Å². The van der Waals surface area contributed by atoms with Crippen molar-refractivity contribution < 1.29 is 32.6 Å². The summed E-state index contributed by atoms with van der Waals surface area (Å²) in [7, 11) is 1.15. The van der Waals surface area contributed by atoms with Gasteiger partial charge in [0.1, 0.15) is 11.6 Å². The molecule has 1 amide bonds. The molecule has 0 heterocycles. The van der Waals surface area contributed by atoms with E-state index in [1.54, 1.807) is 32.9 Å².